The van der Waals surface area contributed by atoms with Gasteiger partial charge in [-0.3, -0.25) is 0 Å². The zero-order valence-corrected chi connectivity index (χ0v) is 10.5. The Hall–Kier alpha value is -2.44. The number of benzene rings is 1. The van der Waals surface area contributed by atoms with E-state index in [9.17, 15) is 9.18 Å². The standard InChI is InChI=1S/C12H13FN4O2/c1-7(11-16-14-6-17(11)2)15-9-5-3-4-8(13)10(9)12(18)19/h3-7,15H,1-2H3,(H,18,19). The molecule has 2 aromatic rings. The van der Waals surface area contributed by atoms with Crippen molar-refractivity contribution >= 4 is 11.7 Å². The number of aromatic nitrogens is 3. The van der Waals surface area contributed by atoms with E-state index in [1.165, 1.54) is 18.5 Å². The molecule has 0 fully saturated rings. The molecule has 19 heavy (non-hydrogen) atoms. The average molecular weight is 264 g/mol. The number of anilines is 1. The van der Waals surface area contributed by atoms with E-state index in [1.807, 2.05) is 0 Å². The molecule has 1 aromatic heterocycles. The van der Waals surface area contributed by atoms with Crippen LogP contribution < -0.4 is 5.32 Å². The Morgan fingerprint density at radius 1 is 1.53 bits per heavy atom. The van der Waals surface area contributed by atoms with E-state index in [-0.39, 0.29) is 17.3 Å². The number of rotatable bonds is 4. The van der Waals surface area contributed by atoms with Gasteiger partial charge in [0.2, 0.25) is 0 Å². The van der Waals surface area contributed by atoms with Crippen molar-refractivity contribution in [3.8, 4) is 0 Å². The highest BCUT2D eigenvalue weighted by atomic mass is 19.1. The van der Waals surface area contributed by atoms with Gasteiger partial charge in [0.1, 0.15) is 17.7 Å². The SMILES string of the molecule is CC(Nc1cccc(F)c1C(=O)O)c1nncn1C. The van der Waals surface area contributed by atoms with Gasteiger partial charge in [0, 0.05) is 7.05 Å². The lowest BCUT2D eigenvalue weighted by molar-refractivity contribution is 0.0693. The molecule has 0 bridgehead atoms. The predicted octanol–water partition coefficient (Wildman–Crippen LogP) is 1.83. The Bertz CT molecular complexity index is 612. The van der Waals surface area contributed by atoms with Crippen LogP contribution in [0.5, 0.6) is 0 Å². The molecule has 1 aromatic carbocycles. The van der Waals surface area contributed by atoms with Gasteiger partial charge in [0.05, 0.1) is 11.7 Å². The van der Waals surface area contributed by atoms with Crippen molar-refractivity contribution in [1.29, 1.82) is 0 Å². The predicted molar refractivity (Wildman–Crippen MR) is 66.4 cm³/mol. The van der Waals surface area contributed by atoms with Crippen LogP contribution in [-0.4, -0.2) is 25.8 Å². The molecule has 2 N–H and O–H groups in total. The number of carbonyl (C=O) groups is 1. The Kier molecular flexibility index (Phi) is 3.46. The Morgan fingerprint density at radius 3 is 2.84 bits per heavy atom. The van der Waals surface area contributed by atoms with E-state index >= 15 is 0 Å². The van der Waals surface area contributed by atoms with Crippen molar-refractivity contribution in [3.63, 3.8) is 0 Å². The molecule has 2 rings (SSSR count). The van der Waals surface area contributed by atoms with Crippen molar-refractivity contribution in [1.82, 2.24) is 14.8 Å². The Balaban J connectivity index is 2.32. The van der Waals surface area contributed by atoms with E-state index in [4.69, 9.17) is 5.11 Å². The molecule has 1 unspecified atom stereocenters. The fraction of sp³-hybridized carbons (Fsp3) is 0.250. The normalized spacial score (nSPS) is 12.2. The van der Waals surface area contributed by atoms with Crippen LogP contribution >= 0.6 is 0 Å². The second-order valence-electron chi connectivity index (χ2n) is 4.13. The van der Waals surface area contributed by atoms with E-state index in [2.05, 4.69) is 15.5 Å². The highest BCUT2D eigenvalue weighted by Crippen LogP contribution is 2.23. The summed E-state index contributed by atoms with van der Waals surface area (Å²) < 4.78 is 15.2. The molecule has 6 nitrogen and oxygen atoms in total. The molecular weight excluding hydrogens is 251 g/mol. The van der Waals surface area contributed by atoms with Crippen LogP contribution in [0.2, 0.25) is 0 Å². The number of aryl methyl sites for hydroxylation is 1. The lowest BCUT2D eigenvalue weighted by Crippen LogP contribution is -2.15. The first-order valence-corrected chi connectivity index (χ1v) is 5.63. The smallest absolute Gasteiger partial charge is 0.340 e. The number of halogens is 1. The molecule has 0 aliphatic rings. The summed E-state index contributed by atoms with van der Waals surface area (Å²) in [5, 5.41) is 19.6. The summed E-state index contributed by atoms with van der Waals surface area (Å²) in [5.41, 5.74) is -0.167. The minimum Gasteiger partial charge on any atom is -0.478 e. The molecular formula is C12H13FN4O2. The summed E-state index contributed by atoms with van der Waals surface area (Å²) in [5.74, 6) is -1.46. The van der Waals surface area contributed by atoms with Gasteiger partial charge >= 0.3 is 5.97 Å². The minimum atomic E-state index is -1.31. The summed E-state index contributed by atoms with van der Waals surface area (Å²) >= 11 is 0. The third-order valence-electron chi connectivity index (χ3n) is 2.73. The van der Waals surface area contributed by atoms with Crippen molar-refractivity contribution in [2.24, 2.45) is 7.05 Å². The zero-order chi connectivity index (χ0) is 14.0. The lowest BCUT2D eigenvalue weighted by atomic mass is 10.1. The Morgan fingerprint density at radius 2 is 2.26 bits per heavy atom. The molecule has 0 radical (unpaired) electrons. The quantitative estimate of drug-likeness (QED) is 0.880. The minimum absolute atomic E-state index is 0.211. The molecule has 7 heteroatoms. The van der Waals surface area contributed by atoms with Gasteiger partial charge in [-0.15, -0.1) is 10.2 Å². The van der Waals surface area contributed by atoms with Crippen LogP contribution in [0.4, 0.5) is 10.1 Å². The maximum atomic E-state index is 13.5. The second kappa shape index (κ2) is 5.05. The topological polar surface area (TPSA) is 80.0 Å². The molecule has 1 heterocycles. The summed E-state index contributed by atoms with van der Waals surface area (Å²) in [6.07, 6.45) is 1.54. The lowest BCUT2D eigenvalue weighted by Gasteiger charge is -2.16. The van der Waals surface area contributed by atoms with Crippen molar-refractivity contribution in [2.75, 3.05) is 5.32 Å². The average Bonchev–Trinajstić information content (AvgIpc) is 2.75. The number of carboxylic acid groups (broad SMARTS) is 1. The first-order chi connectivity index (χ1) is 9.00. The number of hydrogen-bond acceptors (Lipinski definition) is 4. The molecule has 0 saturated heterocycles. The molecule has 1 atom stereocenters. The van der Waals surface area contributed by atoms with Gasteiger partial charge in [-0.2, -0.15) is 0 Å². The molecule has 0 amide bonds. The van der Waals surface area contributed by atoms with Gasteiger partial charge in [0.25, 0.3) is 0 Å². The summed E-state index contributed by atoms with van der Waals surface area (Å²) in [6, 6.07) is 3.78. The van der Waals surface area contributed by atoms with E-state index < -0.39 is 11.8 Å². The molecule has 100 valence electrons. The number of carboxylic acids is 1. The molecule has 0 aliphatic heterocycles. The largest absolute Gasteiger partial charge is 0.478 e. The number of aromatic carboxylic acids is 1. The first-order valence-electron chi connectivity index (χ1n) is 5.63. The third-order valence-corrected chi connectivity index (χ3v) is 2.73. The first kappa shape index (κ1) is 13.0. The van der Waals surface area contributed by atoms with Crippen molar-refractivity contribution in [2.45, 2.75) is 13.0 Å². The molecule has 0 saturated carbocycles. The summed E-state index contributed by atoms with van der Waals surface area (Å²) in [6.45, 7) is 1.79. The number of nitrogens with one attached hydrogen (secondary N) is 1. The van der Waals surface area contributed by atoms with Gasteiger partial charge in [-0.1, -0.05) is 6.07 Å². The van der Waals surface area contributed by atoms with Crippen LogP contribution in [0.1, 0.15) is 29.1 Å². The van der Waals surface area contributed by atoms with Gasteiger partial charge < -0.3 is 15.0 Å². The number of nitrogens with zero attached hydrogens (tertiary/aromatic N) is 3. The van der Waals surface area contributed by atoms with Crippen LogP contribution in [0, 0.1) is 5.82 Å². The van der Waals surface area contributed by atoms with Crippen LogP contribution in [0.15, 0.2) is 24.5 Å². The summed E-state index contributed by atoms with van der Waals surface area (Å²) in [4.78, 5) is 11.1. The third kappa shape index (κ3) is 2.54. The van der Waals surface area contributed by atoms with Crippen molar-refractivity contribution in [3.05, 3.63) is 41.7 Å². The van der Waals surface area contributed by atoms with Crippen LogP contribution in [0.25, 0.3) is 0 Å². The fourth-order valence-corrected chi connectivity index (χ4v) is 1.84. The van der Waals surface area contributed by atoms with Gasteiger partial charge in [0.15, 0.2) is 5.82 Å². The van der Waals surface area contributed by atoms with Gasteiger partial charge in [-0.05, 0) is 19.1 Å². The van der Waals surface area contributed by atoms with Crippen LogP contribution in [-0.2, 0) is 7.05 Å². The highest BCUT2D eigenvalue weighted by Gasteiger charge is 2.18. The number of hydrogen-bond donors (Lipinski definition) is 2. The molecule has 0 aliphatic carbocycles. The van der Waals surface area contributed by atoms with E-state index in [1.54, 1.807) is 18.5 Å². The summed E-state index contributed by atoms with van der Waals surface area (Å²) in [7, 11) is 1.77. The highest BCUT2D eigenvalue weighted by molar-refractivity contribution is 5.94. The van der Waals surface area contributed by atoms with E-state index in [0.717, 1.165) is 6.07 Å². The maximum Gasteiger partial charge on any atom is 0.340 e. The second-order valence-corrected chi connectivity index (χ2v) is 4.13. The molecule has 0 spiro atoms. The van der Waals surface area contributed by atoms with E-state index in [0.29, 0.717) is 5.82 Å². The monoisotopic (exact) mass is 264 g/mol. The van der Waals surface area contributed by atoms with Crippen LogP contribution in [0.3, 0.4) is 0 Å². The maximum absolute atomic E-state index is 13.5. The van der Waals surface area contributed by atoms with Crippen molar-refractivity contribution < 1.29 is 14.3 Å². The Labute approximate surface area is 108 Å². The zero-order valence-electron chi connectivity index (χ0n) is 10.5. The fourth-order valence-electron chi connectivity index (χ4n) is 1.84. The van der Waals surface area contributed by atoms with Gasteiger partial charge in [-0.25, -0.2) is 9.18 Å².